The first-order valence-corrected chi connectivity index (χ1v) is 5.75. The van der Waals surface area contributed by atoms with Gasteiger partial charge in [0.25, 0.3) is 0 Å². The summed E-state index contributed by atoms with van der Waals surface area (Å²) in [6.07, 6.45) is 3.45. The molecule has 0 saturated carbocycles. The van der Waals surface area contributed by atoms with Crippen LogP contribution < -0.4 is 10.6 Å². The molecule has 0 radical (unpaired) electrons. The van der Waals surface area contributed by atoms with Crippen LogP contribution in [0.15, 0.2) is 42.7 Å². The van der Waals surface area contributed by atoms with Crippen LogP contribution in [0.5, 0.6) is 0 Å². The van der Waals surface area contributed by atoms with Gasteiger partial charge < -0.3 is 15.4 Å². The van der Waals surface area contributed by atoms with Crippen molar-refractivity contribution in [2.24, 2.45) is 0 Å². The number of esters is 1. The molecule has 0 aliphatic rings. The predicted molar refractivity (Wildman–Crippen MR) is 74.5 cm³/mol. The lowest BCUT2D eigenvalue weighted by Crippen LogP contribution is -2.12. The fourth-order valence-electron chi connectivity index (χ4n) is 1.74. The first-order valence-electron chi connectivity index (χ1n) is 5.75. The molecule has 0 spiro atoms. The van der Waals surface area contributed by atoms with Crippen LogP contribution in [-0.2, 0) is 4.74 Å². The minimum atomic E-state index is -0.445. The summed E-state index contributed by atoms with van der Waals surface area (Å²) in [6.45, 7) is 0. The van der Waals surface area contributed by atoms with Crippen molar-refractivity contribution < 1.29 is 9.53 Å². The summed E-state index contributed by atoms with van der Waals surface area (Å²) in [5.74, 6) is -0.445. The van der Waals surface area contributed by atoms with Gasteiger partial charge in [-0.1, -0.05) is 0 Å². The first kappa shape index (κ1) is 12.9. The van der Waals surface area contributed by atoms with Crippen molar-refractivity contribution in [1.82, 2.24) is 4.98 Å². The first-order chi connectivity index (χ1) is 9.13. The van der Waals surface area contributed by atoms with Gasteiger partial charge in [0.2, 0.25) is 0 Å². The number of anilines is 3. The largest absolute Gasteiger partial charge is 0.465 e. The molecule has 2 rings (SSSR count). The molecule has 5 nitrogen and oxygen atoms in total. The number of carbonyl (C=O) groups is 1. The van der Waals surface area contributed by atoms with Crippen molar-refractivity contribution in [1.29, 1.82) is 0 Å². The third-order valence-electron chi connectivity index (χ3n) is 2.86. The van der Waals surface area contributed by atoms with Crippen LogP contribution in [0, 0.1) is 0 Å². The normalized spacial score (nSPS) is 10.0. The number of hydrogen-bond donors (Lipinski definition) is 1. The van der Waals surface area contributed by atoms with E-state index < -0.39 is 5.97 Å². The van der Waals surface area contributed by atoms with Gasteiger partial charge in [-0.05, 0) is 30.3 Å². The summed E-state index contributed by atoms with van der Waals surface area (Å²) in [4.78, 5) is 17.6. The van der Waals surface area contributed by atoms with Crippen molar-refractivity contribution in [2.45, 2.75) is 0 Å². The lowest BCUT2D eigenvalue weighted by Gasteiger charge is -2.20. The molecule has 0 aliphatic carbocycles. The van der Waals surface area contributed by atoms with E-state index >= 15 is 0 Å². The summed E-state index contributed by atoms with van der Waals surface area (Å²) < 4.78 is 4.71. The van der Waals surface area contributed by atoms with Crippen LogP contribution >= 0.6 is 0 Å². The monoisotopic (exact) mass is 257 g/mol. The molecule has 1 aromatic heterocycles. The molecular formula is C14H15N3O2. The van der Waals surface area contributed by atoms with Gasteiger partial charge in [0.1, 0.15) is 0 Å². The number of aromatic nitrogens is 1. The number of nitrogens with zero attached hydrogens (tertiary/aromatic N) is 2. The fraction of sp³-hybridized carbons (Fsp3) is 0.143. The minimum Gasteiger partial charge on any atom is -0.465 e. The van der Waals surface area contributed by atoms with Gasteiger partial charge in [-0.25, -0.2) is 4.79 Å². The van der Waals surface area contributed by atoms with Crippen molar-refractivity contribution in [3.8, 4) is 0 Å². The van der Waals surface area contributed by atoms with Crippen LogP contribution in [-0.4, -0.2) is 25.1 Å². The fourth-order valence-corrected chi connectivity index (χ4v) is 1.74. The smallest absolute Gasteiger partial charge is 0.340 e. The van der Waals surface area contributed by atoms with E-state index in [0.717, 1.165) is 11.4 Å². The Morgan fingerprint density at radius 3 is 2.74 bits per heavy atom. The number of hydrogen-bond acceptors (Lipinski definition) is 5. The van der Waals surface area contributed by atoms with E-state index in [-0.39, 0.29) is 0 Å². The Morgan fingerprint density at radius 1 is 1.32 bits per heavy atom. The van der Waals surface area contributed by atoms with Gasteiger partial charge in [-0.15, -0.1) is 0 Å². The van der Waals surface area contributed by atoms with Gasteiger partial charge in [0.15, 0.2) is 0 Å². The van der Waals surface area contributed by atoms with E-state index in [4.69, 9.17) is 10.5 Å². The molecule has 0 fully saturated rings. The maximum absolute atomic E-state index is 11.6. The zero-order chi connectivity index (χ0) is 13.8. The second-order valence-electron chi connectivity index (χ2n) is 4.03. The molecule has 0 saturated heterocycles. The molecule has 2 aromatic rings. The highest BCUT2D eigenvalue weighted by atomic mass is 16.5. The van der Waals surface area contributed by atoms with Gasteiger partial charge in [0, 0.05) is 24.6 Å². The van der Waals surface area contributed by atoms with Crippen molar-refractivity contribution in [3.63, 3.8) is 0 Å². The number of benzene rings is 1. The molecular weight excluding hydrogens is 242 g/mol. The van der Waals surface area contributed by atoms with Crippen LogP contribution in [0.25, 0.3) is 0 Å². The lowest BCUT2D eigenvalue weighted by atomic mass is 10.1. The van der Waals surface area contributed by atoms with E-state index in [1.54, 1.807) is 24.5 Å². The number of rotatable bonds is 3. The molecule has 0 unspecified atom stereocenters. The third kappa shape index (κ3) is 2.65. The third-order valence-corrected chi connectivity index (χ3v) is 2.86. The predicted octanol–water partition coefficient (Wildman–Crippen LogP) is 2.22. The summed E-state index contributed by atoms with van der Waals surface area (Å²) >= 11 is 0. The van der Waals surface area contributed by atoms with E-state index in [1.165, 1.54) is 7.11 Å². The van der Waals surface area contributed by atoms with E-state index in [9.17, 15) is 4.79 Å². The number of pyridine rings is 1. The maximum atomic E-state index is 11.6. The molecule has 0 bridgehead atoms. The molecule has 98 valence electrons. The van der Waals surface area contributed by atoms with Crippen molar-refractivity contribution in [2.75, 3.05) is 24.8 Å². The summed E-state index contributed by atoms with van der Waals surface area (Å²) in [5, 5.41) is 0. The Morgan fingerprint density at radius 2 is 2.11 bits per heavy atom. The maximum Gasteiger partial charge on any atom is 0.340 e. The highest BCUT2D eigenvalue weighted by Crippen LogP contribution is 2.26. The Hall–Kier alpha value is -2.56. The summed E-state index contributed by atoms with van der Waals surface area (Å²) in [6, 6.07) is 9.02. The average Bonchev–Trinajstić information content (AvgIpc) is 2.47. The second kappa shape index (κ2) is 5.39. The molecule has 0 amide bonds. The highest BCUT2D eigenvalue weighted by Gasteiger charge is 2.13. The standard InChI is InChI=1S/C14H15N3O2/c1-17(11-4-3-7-16-9-11)10-5-6-13(15)12(8-10)14(18)19-2/h3-9H,15H2,1-2H3. The van der Waals surface area contributed by atoms with E-state index in [0.29, 0.717) is 11.3 Å². The summed E-state index contributed by atoms with van der Waals surface area (Å²) in [5.41, 5.74) is 8.28. The van der Waals surface area contributed by atoms with Gasteiger partial charge >= 0.3 is 5.97 Å². The molecule has 0 atom stereocenters. The number of ether oxygens (including phenoxy) is 1. The van der Waals surface area contributed by atoms with Gasteiger partial charge in [-0.2, -0.15) is 0 Å². The second-order valence-corrected chi connectivity index (χ2v) is 4.03. The molecule has 2 N–H and O–H groups in total. The van der Waals surface area contributed by atoms with Crippen molar-refractivity contribution in [3.05, 3.63) is 48.3 Å². The number of carbonyl (C=O) groups excluding carboxylic acids is 1. The Balaban J connectivity index is 2.38. The Labute approximate surface area is 111 Å². The Bertz CT molecular complexity index is 584. The van der Waals surface area contributed by atoms with Gasteiger partial charge in [-0.3, -0.25) is 4.98 Å². The molecule has 1 aromatic carbocycles. The SMILES string of the molecule is COC(=O)c1cc(N(C)c2cccnc2)ccc1N. The molecule has 1 heterocycles. The van der Waals surface area contributed by atoms with Gasteiger partial charge in [0.05, 0.1) is 24.6 Å². The minimum absolute atomic E-state index is 0.357. The lowest BCUT2D eigenvalue weighted by molar-refractivity contribution is 0.0602. The quantitative estimate of drug-likeness (QED) is 0.674. The highest BCUT2D eigenvalue weighted by molar-refractivity contribution is 5.96. The topological polar surface area (TPSA) is 68.5 Å². The molecule has 5 heteroatoms. The Kier molecular flexibility index (Phi) is 3.66. The zero-order valence-electron chi connectivity index (χ0n) is 10.8. The molecule has 19 heavy (non-hydrogen) atoms. The zero-order valence-corrected chi connectivity index (χ0v) is 10.8. The number of nitrogens with two attached hydrogens (primary N) is 1. The van der Waals surface area contributed by atoms with Crippen LogP contribution in [0.4, 0.5) is 17.1 Å². The van der Waals surface area contributed by atoms with E-state index in [2.05, 4.69) is 4.98 Å². The van der Waals surface area contributed by atoms with Crippen LogP contribution in [0.2, 0.25) is 0 Å². The molecule has 0 aliphatic heterocycles. The van der Waals surface area contributed by atoms with Crippen LogP contribution in [0.3, 0.4) is 0 Å². The van der Waals surface area contributed by atoms with Crippen LogP contribution in [0.1, 0.15) is 10.4 Å². The van der Waals surface area contributed by atoms with E-state index in [1.807, 2.05) is 30.1 Å². The number of nitrogen functional groups attached to an aromatic ring is 1. The van der Waals surface area contributed by atoms with Crippen molar-refractivity contribution >= 4 is 23.0 Å². The summed E-state index contributed by atoms with van der Waals surface area (Å²) in [7, 11) is 3.23. The average molecular weight is 257 g/mol. The number of methoxy groups -OCH3 is 1.